The van der Waals surface area contributed by atoms with Crippen LogP contribution in [0.2, 0.25) is 0 Å². The Morgan fingerprint density at radius 1 is 1.30 bits per heavy atom. The van der Waals surface area contributed by atoms with Crippen LogP contribution in [0.4, 0.5) is 0 Å². The molecule has 0 rings (SSSR count). The monoisotopic (exact) mass is 212 g/mol. The average Bonchev–Trinajstić information content (AvgIpc) is 1.19. The summed E-state index contributed by atoms with van der Waals surface area (Å²) in [6.07, 6.45) is 0. The van der Waals surface area contributed by atoms with Crippen LogP contribution >= 0.6 is 0 Å². The molecule has 0 aromatic rings. The third-order valence-corrected chi connectivity index (χ3v) is 0. The third kappa shape index (κ3) is 2930. The van der Waals surface area contributed by atoms with Crippen LogP contribution in [0, 0.1) is 0 Å². The fourth-order valence-corrected chi connectivity index (χ4v) is 0. The molecule has 7 nitrogen and oxygen atoms in total. The molecule has 0 aromatic heterocycles. The Kier molecular flexibility index (Phi) is 11.1. The molecule has 1 radical (unpaired) electrons. The smallest absolute Gasteiger partial charge is 0.759 e. The molecule has 0 amide bonds. The van der Waals surface area contributed by atoms with Crippen molar-refractivity contribution in [1.29, 1.82) is 0 Å². The molecular weight excluding hydrogens is 206 g/mol. The van der Waals surface area contributed by atoms with Crippen LogP contribution in [0.1, 0.15) is 0 Å². The molecule has 0 atom stereocenters. The number of hydrogen-bond donors (Lipinski definition) is 3. The summed E-state index contributed by atoms with van der Waals surface area (Å²) in [6, 6.07) is 0. The number of nitrogens with two attached hydrogens (primary N) is 3. The van der Waals surface area contributed by atoms with Crippen molar-refractivity contribution in [3.63, 3.8) is 0 Å². The second-order valence-corrected chi connectivity index (χ2v) is 1.72. The molecule has 10 heavy (non-hydrogen) atoms. The first-order chi connectivity index (χ1) is 3.73. The molecular formula is CH6FeN3O4S+2. The number of guanidine groups is 1. The maximum atomic E-state index is 8.52. The van der Waals surface area contributed by atoms with Gasteiger partial charge in [0.15, 0.2) is 0 Å². The van der Waals surface area contributed by atoms with E-state index in [1.54, 1.807) is 0 Å². The topological polar surface area (TPSA) is 158 Å². The van der Waals surface area contributed by atoms with Crippen molar-refractivity contribution in [3.8, 4) is 0 Å². The number of rotatable bonds is 0. The predicted molar refractivity (Wildman–Crippen MR) is 25.8 cm³/mol. The van der Waals surface area contributed by atoms with E-state index in [0.717, 1.165) is 0 Å². The molecule has 0 bridgehead atoms. The van der Waals surface area contributed by atoms with Crippen LogP contribution in [0.25, 0.3) is 0 Å². The minimum absolute atomic E-state index is 0. The first-order valence-electron chi connectivity index (χ1n) is 1.53. The van der Waals surface area contributed by atoms with Crippen LogP contribution in [0.3, 0.4) is 0 Å². The summed E-state index contributed by atoms with van der Waals surface area (Å²) in [6.45, 7) is 0. The predicted octanol–water partition coefficient (Wildman–Crippen LogP) is -4.32. The van der Waals surface area contributed by atoms with E-state index in [2.05, 4.69) is 16.9 Å². The van der Waals surface area contributed by atoms with E-state index < -0.39 is 10.4 Å². The van der Waals surface area contributed by atoms with Crippen molar-refractivity contribution >= 4 is 16.4 Å². The molecule has 0 spiro atoms. The molecule has 0 fully saturated rings. The second-order valence-electron chi connectivity index (χ2n) is 0.908. The molecule has 0 heterocycles. The summed E-state index contributed by atoms with van der Waals surface area (Å²) in [5.41, 5.74) is 9.17. The largest absolute Gasteiger partial charge is 3.00 e. The molecule has 9 heteroatoms. The van der Waals surface area contributed by atoms with E-state index in [-0.39, 0.29) is 23.0 Å². The van der Waals surface area contributed by atoms with Crippen molar-refractivity contribution in [2.75, 3.05) is 0 Å². The van der Waals surface area contributed by atoms with Gasteiger partial charge in [-0.3, -0.25) is 25.3 Å². The van der Waals surface area contributed by atoms with Crippen LogP contribution in [-0.2, 0) is 27.5 Å². The van der Waals surface area contributed by atoms with Gasteiger partial charge in [-0.1, -0.05) is 0 Å². The molecule has 61 valence electrons. The summed E-state index contributed by atoms with van der Waals surface area (Å²) in [4.78, 5) is 0. The normalized spacial score (nSPS) is 8.20. The van der Waals surface area contributed by atoms with Gasteiger partial charge in [-0.05, 0) is 0 Å². The molecule has 0 aliphatic rings. The van der Waals surface area contributed by atoms with Crippen molar-refractivity contribution < 1.29 is 40.0 Å². The molecule has 0 aliphatic heterocycles. The maximum absolute atomic E-state index is 8.52. The summed E-state index contributed by atoms with van der Waals surface area (Å²) in [5, 5.41) is 4.58. The van der Waals surface area contributed by atoms with E-state index in [0.29, 0.717) is 0 Å². The molecule has 0 unspecified atom stereocenters. The van der Waals surface area contributed by atoms with E-state index in [1.165, 1.54) is 0 Å². The van der Waals surface area contributed by atoms with Crippen LogP contribution in [0.5, 0.6) is 0 Å². The van der Waals surface area contributed by atoms with Gasteiger partial charge in [0.2, 0.25) is 0 Å². The van der Waals surface area contributed by atoms with Crippen LogP contribution in [0.15, 0.2) is 0 Å². The fourth-order valence-electron chi connectivity index (χ4n) is 0. The molecule has 0 saturated carbocycles. The van der Waals surface area contributed by atoms with E-state index >= 15 is 0 Å². The van der Waals surface area contributed by atoms with Crippen molar-refractivity contribution in [3.05, 3.63) is 0 Å². The Labute approximate surface area is 68.3 Å². The Morgan fingerprint density at radius 3 is 1.30 bits per heavy atom. The van der Waals surface area contributed by atoms with E-state index in [9.17, 15) is 0 Å². The average molecular weight is 212 g/mol. The summed E-state index contributed by atoms with van der Waals surface area (Å²) < 4.78 is 34.1. The van der Waals surface area contributed by atoms with Crippen LogP contribution in [-0.4, -0.2) is 23.5 Å². The first-order valence-corrected chi connectivity index (χ1v) is 2.87. The van der Waals surface area contributed by atoms with E-state index in [4.69, 9.17) is 17.5 Å². The maximum Gasteiger partial charge on any atom is 3.00 e. The van der Waals surface area contributed by atoms with Gasteiger partial charge in [0.1, 0.15) is 0 Å². The van der Waals surface area contributed by atoms with Gasteiger partial charge in [-0.2, -0.15) is 0 Å². The van der Waals surface area contributed by atoms with E-state index in [1.807, 2.05) is 0 Å². The minimum atomic E-state index is -5.17. The molecule has 6 N–H and O–H groups in total. The summed E-state index contributed by atoms with van der Waals surface area (Å²) >= 11 is 0. The standard InChI is InChI=1S/CH5N3.Fe.H2O4S/c2-1(3)4;;1-5(2,3)4/h(H5,2,3,4);;(H2,1,2,3,4)/q;+3;/p-1. The van der Waals surface area contributed by atoms with Crippen LogP contribution < -0.4 is 16.9 Å². The van der Waals surface area contributed by atoms with Crippen molar-refractivity contribution in [2.24, 2.45) is 11.5 Å². The Morgan fingerprint density at radius 2 is 1.30 bits per heavy atom. The van der Waals surface area contributed by atoms with Gasteiger partial charge in [0.25, 0.3) is 0 Å². The minimum Gasteiger partial charge on any atom is -0.759 e. The Bertz CT molecular complexity index is 163. The zero-order valence-corrected chi connectivity index (χ0v) is 6.55. The zero-order chi connectivity index (χ0) is 8.08. The SMILES string of the molecule is NC(N)=[NH2+].O=S(=O)([O-])[O-].[Fe+3]. The number of hydrogen-bond acceptors (Lipinski definition) is 4. The summed E-state index contributed by atoms with van der Waals surface area (Å²) in [5.74, 6) is -0.0833. The molecule has 0 saturated heterocycles. The fraction of sp³-hybridized carbons (Fsp3) is 0. The van der Waals surface area contributed by atoms with Gasteiger partial charge in [-0.25, -0.2) is 0 Å². The molecule has 0 aliphatic carbocycles. The van der Waals surface area contributed by atoms with Crippen molar-refractivity contribution in [1.82, 2.24) is 0 Å². The first kappa shape index (κ1) is 16.3. The molecule has 0 aromatic carbocycles. The summed E-state index contributed by atoms with van der Waals surface area (Å²) in [7, 11) is -5.17. The van der Waals surface area contributed by atoms with Gasteiger partial charge in [0, 0.05) is 10.4 Å². The van der Waals surface area contributed by atoms with Gasteiger partial charge < -0.3 is 9.11 Å². The Hall–Kier alpha value is -0.341. The van der Waals surface area contributed by atoms with Gasteiger partial charge in [0.05, 0.1) is 0 Å². The van der Waals surface area contributed by atoms with Crippen molar-refractivity contribution in [2.45, 2.75) is 0 Å². The van der Waals surface area contributed by atoms with Gasteiger partial charge in [-0.15, -0.1) is 0 Å². The van der Waals surface area contributed by atoms with Gasteiger partial charge >= 0.3 is 23.0 Å². The Balaban J connectivity index is -0.0000000910. The second kappa shape index (κ2) is 6.77. The quantitative estimate of drug-likeness (QED) is 0.121. The third-order valence-electron chi connectivity index (χ3n) is 0. The zero-order valence-electron chi connectivity index (χ0n) is 4.63.